The number of hydrogen-bond donors (Lipinski definition) is 1. The highest BCUT2D eigenvalue weighted by molar-refractivity contribution is 7.14. The molecule has 2 aromatic heterocycles. The quantitative estimate of drug-likeness (QED) is 0.368. The van der Waals surface area contributed by atoms with Crippen molar-refractivity contribution in [3.05, 3.63) is 77.1 Å². The number of carbonyl (C=O) groups excluding carboxylic acids is 2. The summed E-state index contributed by atoms with van der Waals surface area (Å²) in [4.78, 5) is 35.5. The van der Waals surface area contributed by atoms with Gasteiger partial charge in [0.05, 0.1) is 18.2 Å². The molecule has 7 nitrogen and oxygen atoms in total. The maximum atomic E-state index is 13.0. The minimum absolute atomic E-state index is 0.00385. The van der Waals surface area contributed by atoms with Gasteiger partial charge in [-0.05, 0) is 30.2 Å². The fraction of sp³-hybridized carbons (Fsp3) is 0.182. The second-order valence-electron chi connectivity index (χ2n) is 6.65. The van der Waals surface area contributed by atoms with Crippen LogP contribution in [-0.4, -0.2) is 33.4 Å². The standard InChI is InChI=1S/C22H19N3O4S/c1-2-10-29-16-7-3-5-14(12-16)19(26)17-18(15-6-4-8-23-13-15)25(21(28)20(17)27)22-24-9-11-30-22/h3-9,11-13,18,26H,2,10H2,1H3/b19-17+. The molecule has 1 N–H and O–H groups in total. The molecule has 3 aromatic rings. The summed E-state index contributed by atoms with van der Waals surface area (Å²) in [6, 6.07) is 9.49. The molecule has 3 heterocycles. The van der Waals surface area contributed by atoms with Crippen LogP contribution in [0.4, 0.5) is 5.13 Å². The van der Waals surface area contributed by atoms with Crippen LogP contribution in [0.25, 0.3) is 5.76 Å². The summed E-state index contributed by atoms with van der Waals surface area (Å²) in [6.07, 6.45) is 5.59. The summed E-state index contributed by atoms with van der Waals surface area (Å²) >= 11 is 1.24. The first-order valence-electron chi connectivity index (χ1n) is 9.45. The molecule has 1 atom stereocenters. The van der Waals surface area contributed by atoms with Gasteiger partial charge in [0.25, 0.3) is 5.78 Å². The number of ketones is 1. The second kappa shape index (κ2) is 8.46. The van der Waals surface area contributed by atoms with E-state index in [-0.39, 0.29) is 11.3 Å². The number of rotatable bonds is 6. The van der Waals surface area contributed by atoms with Crippen molar-refractivity contribution < 1.29 is 19.4 Å². The van der Waals surface area contributed by atoms with Crippen LogP contribution in [-0.2, 0) is 9.59 Å². The molecule has 1 unspecified atom stereocenters. The van der Waals surface area contributed by atoms with Crippen molar-refractivity contribution in [1.82, 2.24) is 9.97 Å². The maximum Gasteiger partial charge on any atom is 0.301 e. The Morgan fingerprint density at radius 2 is 2.10 bits per heavy atom. The molecule has 1 saturated heterocycles. The normalized spacial score (nSPS) is 18.0. The molecule has 0 radical (unpaired) electrons. The third-order valence-electron chi connectivity index (χ3n) is 4.65. The minimum atomic E-state index is -0.829. The fourth-order valence-corrected chi connectivity index (χ4v) is 3.99. The number of aliphatic hydroxyl groups is 1. The molecular formula is C22H19N3O4S. The Balaban J connectivity index is 1.86. The van der Waals surface area contributed by atoms with Gasteiger partial charge in [0, 0.05) is 29.5 Å². The zero-order chi connectivity index (χ0) is 21.1. The van der Waals surface area contributed by atoms with Gasteiger partial charge in [-0.25, -0.2) is 4.98 Å². The van der Waals surface area contributed by atoms with Gasteiger partial charge in [-0.2, -0.15) is 0 Å². The number of hydrogen-bond acceptors (Lipinski definition) is 7. The number of thiazole rings is 1. The first-order chi connectivity index (χ1) is 14.6. The van der Waals surface area contributed by atoms with Crippen molar-refractivity contribution >= 4 is 33.9 Å². The second-order valence-corrected chi connectivity index (χ2v) is 7.52. The van der Waals surface area contributed by atoms with E-state index in [1.54, 1.807) is 60.4 Å². The van der Waals surface area contributed by atoms with E-state index in [0.717, 1.165) is 6.42 Å². The average molecular weight is 421 g/mol. The number of nitrogens with zero attached hydrogens (tertiary/aromatic N) is 3. The van der Waals surface area contributed by atoms with Crippen molar-refractivity contribution in [2.45, 2.75) is 19.4 Å². The highest BCUT2D eigenvalue weighted by Gasteiger charge is 2.48. The number of benzene rings is 1. The molecule has 0 aliphatic carbocycles. The van der Waals surface area contributed by atoms with E-state index in [2.05, 4.69) is 9.97 Å². The van der Waals surface area contributed by atoms with E-state index in [1.807, 2.05) is 6.92 Å². The van der Waals surface area contributed by atoms with Crippen LogP contribution in [0.3, 0.4) is 0 Å². The molecule has 0 spiro atoms. The Labute approximate surface area is 177 Å². The molecule has 1 aliphatic rings. The molecule has 1 fully saturated rings. The monoisotopic (exact) mass is 421 g/mol. The van der Waals surface area contributed by atoms with E-state index in [0.29, 0.717) is 28.6 Å². The molecule has 152 valence electrons. The highest BCUT2D eigenvalue weighted by Crippen LogP contribution is 2.42. The number of aliphatic hydroxyl groups excluding tert-OH is 1. The molecule has 30 heavy (non-hydrogen) atoms. The van der Waals surface area contributed by atoms with Crippen LogP contribution in [0.2, 0.25) is 0 Å². The summed E-state index contributed by atoms with van der Waals surface area (Å²) in [6.45, 7) is 2.53. The minimum Gasteiger partial charge on any atom is -0.507 e. The van der Waals surface area contributed by atoms with E-state index in [1.165, 1.54) is 16.2 Å². The summed E-state index contributed by atoms with van der Waals surface area (Å²) in [5, 5.41) is 13.2. The third kappa shape index (κ3) is 3.57. The first kappa shape index (κ1) is 19.8. The number of aromatic nitrogens is 2. The lowest BCUT2D eigenvalue weighted by molar-refractivity contribution is -0.132. The molecule has 0 bridgehead atoms. The molecule has 0 saturated carbocycles. The van der Waals surface area contributed by atoms with E-state index in [9.17, 15) is 14.7 Å². The smallest absolute Gasteiger partial charge is 0.301 e. The van der Waals surface area contributed by atoms with Crippen LogP contribution in [0.1, 0.15) is 30.5 Å². The van der Waals surface area contributed by atoms with Gasteiger partial charge in [0.1, 0.15) is 11.5 Å². The highest BCUT2D eigenvalue weighted by atomic mass is 32.1. The number of ether oxygens (including phenoxy) is 1. The predicted octanol–water partition coefficient (Wildman–Crippen LogP) is 3.95. The van der Waals surface area contributed by atoms with Crippen molar-refractivity contribution in [2.24, 2.45) is 0 Å². The lowest BCUT2D eigenvalue weighted by Crippen LogP contribution is -2.29. The first-order valence-corrected chi connectivity index (χ1v) is 10.3. The lowest BCUT2D eigenvalue weighted by Gasteiger charge is -2.22. The summed E-state index contributed by atoms with van der Waals surface area (Å²) in [5.74, 6) is -1.19. The van der Waals surface area contributed by atoms with Gasteiger partial charge in [-0.15, -0.1) is 11.3 Å². The van der Waals surface area contributed by atoms with Crippen LogP contribution < -0.4 is 9.64 Å². The Kier molecular flexibility index (Phi) is 5.58. The van der Waals surface area contributed by atoms with E-state index < -0.39 is 17.7 Å². The van der Waals surface area contributed by atoms with Crippen LogP contribution in [0.15, 0.2) is 65.9 Å². The Bertz CT molecular complexity index is 1100. The molecule has 1 amide bonds. The van der Waals surface area contributed by atoms with Gasteiger partial charge < -0.3 is 9.84 Å². The zero-order valence-electron chi connectivity index (χ0n) is 16.2. The summed E-state index contributed by atoms with van der Waals surface area (Å²) in [7, 11) is 0. The molecule has 4 rings (SSSR count). The van der Waals surface area contributed by atoms with Crippen molar-refractivity contribution in [3.8, 4) is 5.75 Å². The van der Waals surface area contributed by atoms with Crippen molar-refractivity contribution in [1.29, 1.82) is 0 Å². The zero-order valence-corrected chi connectivity index (χ0v) is 17.0. The maximum absolute atomic E-state index is 13.0. The Morgan fingerprint density at radius 1 is 1.23 bits per heavy atom. The largest absolute Gasteiger partial charge is 0.507 e. The average Bonchev–Trinajstić information content (AvgIpc) is 3.39. The number of pyridine rings is 1. The number of Topliss-reactive ketones (excluding diaryl/α,β-unsaturated/α-hetero) is 1. The molecule has 1 aromatic carbocycles. The molecule has 1 aliphatic heterocycles. The van der Waals surface area contributed by atoms with Crippen LogP contribution >= 0.6 is 11.3 Å². The fourth-order valence-electron chi connectivity index (χ4n) is 3.33. The number of amides is 1. The van der Waals surface area contributed by atoms with Crippen molar-refractivity contribution in [3.63, 3.8) is 0 Å². The number of anilines is 1. The van der Waals surface area contributed by atoms with Gasteiger partial charge in [-0.3, -0.25) is 19.5 Å². The van der Waals surface area contributed by atoms with Gasteiger partial charge >= 0.3 is 5.91 Å². The molecular weight excluding hydrogens is 402 g/mol. The van der Waals surface area contributed by atoms with Crippen LogP contribution in [0.5, 0.6) is 5.75 Å². The van der Waals surface area contributed by atoms with E-state index >= 15 is 0 Å². The summed E-state index contributed by atoms with van der Waals surface area (Å²) in [5.41, 5.74) is 0.998. The predicted molar refractivity (Wildman–Crippen MR) is 113 cm³/mol. The van der Waals surface area contributed by atoms with E-state index in [4.69, 9.17) is 4.74 Å². The van der Waals surface area contributed by atoms with Gasteiger partial charge in [-0.1, -0.05) is 25.1 Å². The SMILES string of the molecule is CCCOc1cccc(/C(O)=C2\C(=O)C(=O)N(c3nccs3)C2c2cccnc2)c1. The third-order valence-corrected chi connectivity index (χ3v) is 5.42. The lowest BCUT2D eigenvalue weighted by atomic mass is 9.96. The Morgan fingerprint density at radius 3 is 2.80 bits per heavy atom. The molecule has 8 heteroatoms. The summed E-state index contributed by atoms with van der Waals surface area (Å²) < 4.78 is 5.63. The Hall–Kier alpha value is -3.52. The van der Waals surface area contributed by atoms with Gasteiger partial charge in [0.2, 0.25) is 0 Å². The number of carbonyl (C=O) groups is 2. The van der Waals surface area contributed by atoms with Crippen LogP contribution in [0, 0.1) is 0 Å². The topological polar surface area (TPSA) is 92.6 Å². The van der Waals surface area contributed by atoms with Gasteiger partial charge in [0.15, 0.2) is 5.13 Å². The van der Waals surface area contributed by atoms with Crippen molar-refractivity contribution in [2.75, 3.05) is 11.5 Å².